The van der Waals surface area contributed by atoms with Gasteiger partial charge in [-0.05, 0) is 43.7 Å². The summed E-state index contributed by atoms with van der Waals surface area (Å²) in [6, 6.07) is 15.3. The van der Waals surface area contributed by atoms with Crippen LogP contribution in [0, 0.1) is 6.92 Å². The largest absolute Gasteiger partial charge is 0.494 e. The smallest absolute Gasteiger partial charge is 0.251 e. The molecule has 1 N–H and O–H groups in total. The average Bonchev–Trinajstić information content (AvgIpc) is 2.45. The summed E-state index contributed by atoms with van der Waals surface area (Å²) in [6.45, 7) is 5.06. The van der Waals surface area contributed by atoms with Gasteiger partial charge in [0.2, 0.25) is 0 Å². The van der Waals surface area contributed by atoms with Crippen LogP contribution in [0.4, 0.5) is 0 Å². The lowest BCUT2D eigenvalue weighted by atomic mass is 10.1. The number of rotatable bonds is 5. The summed E-state index contributed by atoms with van der Waals surface area (Å²) in [4.78, 5) is 12.0. The normalized spacial score (nSPS) is 10.1. The highest BCUT2D eigenvalue weighted by Crippen LogP contribution is 2.13. The minimum Gasteiger partial charge on any atom is -0.494 e. The van der Waals surface area contributed by atoms with E-state index < -0.39 is 0 Å². The van der Waals surface area contributed by atoms with Crippen LogP contribution in [0.3, 0.4) is 0 Å². The molecule has 1 amide bonds. The quantitative estimate of drug-likeness (QED) is 0.904. The lowest BCUT2D eigenvalue weighted by Crippen LogP contribution is -2.22. The highest BCUT2D eigenvalue weighted by atomic mass is 16.5. The van der Waals surface area contributed by atoms with E-state index in [1.165, 1.54) is 0 Å². The van der Waals surface area contributed by atoms with Crippen molar-refractivity contribution in [2.45, 2.75) is 20.4 Å². The number of nitrogens with one attached hydrogen (secondary N) is 1. The molecule has 0 heterocycles. The number of carbonyl (C=O) groups is 1. The molecule has 0 aliphatic carbocycles. The Bertz CT molecular complexity index is 593. The van der Waals surface area contributed by atoms with E-state index in [2.05, 4.69) is 5.32 Å². The third-order valence-electron chi connectivity index (χ3n) is 2.94. The van der Waals surface area contributed by atoms with Crippen molar-refractivity contribution in [2.24, 2.45) is 0 Å². The molecule has 0 fully saturated rings. The molecule has 0 saturated carbocycles. The number of hydrogen-bond donors (Lipinski definition) is 1. The lowest BCUT2D eigenvalue weighted by molar-refractivity contribution is 0.0950. The average molecular weight is 269 g/mol. The van der Waals surface area contributed by atoms with Crippen molar-refractivity contribution >= 4 is 5.91 Å². The van der Waals surface area contributed by atoms with Crippen molar-refractivity contribution in [3.63, 3.8) is 0 Å². The fourth-order valence-electron chi connectivity index (χ4n) is 1.98. The molecule has 20 heavy (non-hydrogen) atoms. The van der Waals surface area contributed by atoms with Gasteiger partial charge in [-0.3, -0.25) is 4.79 Å². The Kier molecular flexibility index (Phi) is 4.77. The summed E-state index contributed by atoms with van der Waals surface area (Å²) >= 11 is 0. The van der Waals surface area contributed by atoms with Crippen LogP contribution in [0.1, 0.15) is 28.4 Å². The van der Waals surface area contributed by atoms with Crippen molar-refractivity contribution in [3.8, 4) is 5.75 Å². The maximum absolute atomic E-state index is 12.0. The summed E-state index contributed by atoms with van der Waals surface area (Å²) in [5.41, 5.74) is 2.79. The summed E-state index contributed by atoms with van der Waals surface area (Å²) in [5, 5.41) is 2.92. The molecule has 0 aliphatic rings. The Hall–Kier alpha value is -2.29. The minimum absolute atomic E-state index is 0.0597. The van der Waals surface area contributed by atoms with Gasteiger partial charge in [0.1, 0.15) is 5.75 Å². The molecule has 0 saturated heterocycles. The summed E-state index contributed by atoms with van der Waals surface area (Å²) in [7, 11) is 0. The van der Waals surface area contributed by atoms with Crippen molar-refractivity contribution in [1.29, 1.82) is 0 Å². The molecule has 0 atom stereocenters. The molecule has 0 aliphatic heterocycles. The third kappa shape index (κ3) is 3.85. The molecule has 2 aromatic carbocycles. The zero-order valence-electron chi connectivity index (χ0n) is 11.8. The molecular weight excluding hydrogens is 250 g/mol. The lowest BCUT2D eigenvalue weighted by Gasteiger charge is -2.08. The van der Waals surface area contributed by atoms with Gasteiger partial charge in [0.25, 0.3) is 5.91 Å². The Labute approximate surface area is 119 Å². The summed E-state index contributed by atoms with van der Waals surface area (Å²) in [6.07, 6.45) is 0. The first-order valence-corrected chi connectivity index (χ1v) is 6.75. The molecule has 0 unspecified atom stereocenters. The van der Waals surface area contributed by atoms with Crippen LogP contribution in [0.25, 0.3) is 0 Å². The van der Waals surface area contributed by atoms with Gasteiger partial charge >= 0.3 is 0 Å². The van der Waals surface area contributed by atoms with Gasteiger partial charge in [0, 0.05) is 12.1 Å². The van der Waals surface area contributed by atoms with Crippen molar-refractivity contribution in [1.82, 2.24) is 5.32 Å². The van der Waals surface area contributed by atoms with Gasteiger partial charge in [-0.25, -0.2) is 0 Å². The zero-order chi connectivity index (χ0) is 14.4. The van der Waals surface area contributed by atoms with Crippen LogP contribution < -0.4 is 10.1 Å². The van der Waals surface area contributed by atoms with Gasteiger partial charge in [0.05, 0.1) is 6.61 Å². The van der Waals surface area contributed by atoms with Crippen LogP contribution in [0.5, 0.6) is 5.75 Å². The van der Waals surface area contributed by atoms with Gasteiger partial charge in [-0.15, -0.1) is 0 Å². The maximum atomic E-state index is 12.0. The molecule has 2 rings (SSSR count). The molecule has 2 aromatic rings. The highest BCUT2D eigenvalue weighted by Gasteiger charge is 2.05. The van der Waals surface area contributed by atoms with E-state index in [-0.39, 0.29) is 5.91 Å². The molecule has 3 heteroatoms. The van der Waals surface area contributed by atoms with E-state index in [9.17, 15) is 4.79 Å². The van der Waals surface area contributed by atoms with Crippen LogP contribution in [0.15, 0.2) is 48.5 Å². The molecule has 0 spiro atoms. The number of carbonyl (C=O) groups excluding carboxylic acids is 1. The molecule has 3 nitrogen and oxygen atoms in total. The standard InChI is InChI=1S/C17H19NO2/c1-3-20-16-9-5-7-14(11-16)12-18-17(19)15-8-4-6-13(2)10-15/h4-11H,3,12H2,1-2H3,(H,18,19). The Morgan fingerprint density at radius 1 is 1.15 bits per heavy atom. The van der Waals surface area contributed by atoms with E-state index in [1.807, 2.05) is 62.4 Å². The van der Waals surface area contributed by atoms with Crippen molar-refractivity contribution in [2.75, 3.05) is 6.61 Å². The molecular formula is C17H19NO2. The van der Waals surface area contributed by atoms with Crippen molar-refractivity contribution in [3.05, 3.63) is 65.2 Å². The van der Waals surface area contributed by atoms with E-state index >= 15 is 0 Å². The topological polar surface area (TPSA) is 38.3 Å². The fourth-order valence-corrected chi connectivity index (χ4v) is 1.98. The van der Waals surface area contributed by atoms with Crippen LogP contribution in [-0.2, 0) is 6.54 Å². The summed E-state index contributed by atoms with van der Waals surface area (Å²) < 4.78 is 5.44. The Morgan fingerprint density at radius 3 is 2.70 bits per heavy atom. The van der Waals surface area contributed by atoms with Gasteiger partial charge in [-0.1, -0.05) is 29.8 Å². The number of hydrogen-bond acceptors (Lipinski definition) is 2. The van der Waals surface area contributed by atoms with Crippen LogP contribution in [-0.4, -0.2) is 12.5 Å². The maximum Gasteiger partial charge on any atom is 0.251 e. The molecule has 104 valence electrons. The number of ether oxygens (including phenoxy) is 1. The first kappa shape index (κ1) is 14.1. The van der Waals surface area contributed by atoms with E-state index in [0.29, 0.717) is 18.7 Å². The highest BCUT2D eigenvalue weighted by molar-refractivity contribution is 5.94. The number of benzene rings is 2. The molecule has 0 bridgehead atoms. The second kappa shape index (κ2) is 6.75. The first-order chi connectivity index (χ1) is 9.69. The molecule has 0 aromatic heterocycles. The van der Waals surface area contributed by atoms with Gasteiger partial charge < -0.3 is 10.1 Å². The zero-order valence-corrected chi connectivity index (χ0v) is 11.8. The van der Waals surface area contributed by atoms with Gasteiger partial charge in [0.15, 0.2) is 0 Å². The number of aryl methyl sites for hydroxylation is 1. The van der Waals surface area contributed by atoms with Crippen molar-refractivity contribution < 1.29 is 9.53 Å². The minimum atomic E-state index is -0.0597. The SMILES string of the molecule is CCOc1cccc(CNC(=O)c2cccc(C)c2)c1. The second-order valence-electron chi connectivity index (χ2n) is 4.63. The number of amides is 1. The third-order valence-corrected chi connectivity index (χ3v) is 2.94. The van der Waals surface area contributed by atoms with Gasteiger partial charge in [-0.2, -0.15) is 0 Å². The van der Waals surface area contributed by atoms with Crippen LogP contribution >= 0.6 is 0 Å². The van der Waals surface area contributed by atoms with Crippen LogP contribution in [0.2, 0.25) is 0 Å². The monoisotopic (exact) mass is 269 g/mol. The predicted octanol–water partition coefficient (Wildman–Crippen LogP) is 3.32. The van der Waals surface area contributed by atoms with E-state index in [1.54, 1.807) is 0 Å². The van der Waals surface area contributed by atoms with E-state index in [0.717, 1.165) is 16.9 Å². The Morgan fingerprint density at radius 2 is 1.95 bits per heavy atom. The second-order valence-corrected chi connectivity index (χ2v) is 4.63. The molecule has 0 radical (unpaired) electrons. The predicted molar refractivity (Wildman–Crippen MR) is 80.0 cm³/mol. The summed E-state index contributed by atoms with van der Waals surface area (Å²) in [5.74, 6) is 0.769. The fraction of sp³-hybridized carbons (Fsp3) is 0.235. The first-order valence-electron chi connectivity index (χ1n) is 6.75. The van der Waals surface area contributed by atoms with E-state index in [4.69, 9.17) is 4.74 Å². The Balaban J connectivity index is 1.98.